The number of fused-ring (bicyclic) bond motifs is 1. The Bertz CT molecular complexity index is 1170. The van der Waals surface area contributed by atoms with Crippen molar-refractivity contribution in [2.24, 2.45) is 7.05 Å². The molecule has 0 aliphatic heterocycles. The number of nitrogens with one attached hydrogen (secondary N) is 2. The number of hydrogen-bond donors (Lipinski definition) is 2. The topological polar surface area (TPSA) is 75.6 Å². The van der Waals surface area contributed by atoms with Crippen molar-refractivity contribution in [3.63, 3.8) is 0 Å². The molecule has 6 nitrogen and oxygen atoms in total. The lowest BCUT2D eigenvalue weighted by Gasteiger charge is -2.06. The smallest absolute Gasteiger partial charge is 0.234 e. The van der Waals surface area contributed by atoms with Gasteiger partial charge in [-0.2, -0.15) is 0 Å². The molecule has 0 aliphatic rings. The van der Waals surface area contributed by atoms with Gasteiger partial charge in [0.2, 0.25) is 5.91 Å². The van der Waals surface area contributed by atoms with Crippen LogP contribution >= 0.6 is 35.0 Å². The average Bonchev–Trinajstić information content (AvgIpc) is 3.26. The van der Waals surface area contributed by atoms with Gasteiger partial charge in [-0.25, -0.2) is 0 Å². The number of nitrogens with zero attached hydrogens (tertiary/aromatic N) is 3. The van der Waals surface area contributed by atoms with Crippen LogP contribution in [0.1, 0.15) is 0 Å². The summed E-state index contributed by atoms with van der Waals surface area (Å²) < 4.78 is 1.88. The van der Waals surface area contributed by atoms with Crippen LogP contribution in [0.15, 0.2) is 53.8 Å². The normalized spacial score (nSPS) is 11.1. The standard InChI is InChI=1S/C19H15Cl2N5OS/c1-26-18(13-9-22-16-5-3-2-4-12(13)16)24-25-19(26)28-10-17(27)23-11-6-7-14(20)15(21)8-11/h2-9,22H,10H2,1H3,(H,23,27). The molecular formula is C19H15Cl2N5OS. The number of rotatable bonds is 5. The maximum Gasteiger partial charge on any atom is 0.234 e. The molecule has 9 heteroatoms. The Hall–Kier alpha value is -2.48. The van der Waals surface area contributed by atoms with Gasteiger partial charge in [-0.15, -0.1) is 10.2 Å². The summed E-state index contributed by atoms with van der Waals surface area (Å²) in [5.41, 5.74) is 2.60. The van der Waals surface area contributed by atoms with Crippen LogP contribution in [-0.4, -0.2) is 31.4 Å². The number of hydrogen-bond acceptors (Lipinski definition) is 4. The molecule has 0 saturated carbocycles. The van der Waals surface area contributed by atoms with Crippen LogP contribution in [0.3, 0.4) is 0 Å². The highest BCUT2D eigenvalue weighted by molar-refractivity contribution is 7.99. The van der Waals surface area contributed by atoms with Gasteiger partial charge in [0.1, 0.15) is 0 Å². The van der Waals surface area contributed by atoms with E-state index in [2.05, 4.69) is 20.5 Å². The predicted molar refractivity (Wildman–Crippen MR) is 114 cm³/mol. The SMILES string of the molecule is Cn1c(SCC(=O)Nc2ccc(Cl)c(Cl)c2)nnc1-c1c[nH]c2ccccc12. The zero-order valence-electron chi connectivity index (χ0n) is 14.7. The first-order valence-electron chi connectivity index (χ1n) is 8.36. The van der Waals surface area contributed by atoms with Gasteiger partial charge in [-0.3, -0.25) is 4.79 Å². The number of aromatic amines is 1. The summed E-state index contributed by atoms with van der Waals surface area (Å²) in [7, 11) is 1.89. The molecule has 0 radical (unpaired) electrons. The molecule has 0 aliphatic carbocycles. The molecule has 0 saturated heterocycles. The number of amides is 1. The van der Waals surface area contributed by atoms with Crippen LogP contribution in [0.2, 0.25) is 10.0 Å². The number of anilines is 1. The van der Waals surface area contributed by atoms with Gasteiger partial charge < -0.3 is 14.9 Å². The van der Waals surface area contributed by atoms with Gasteiger partial charge in [0, 0.05) is 35.4 Å². The van der Waals surface area contributed by atoms with Gasteiger partial charge >= 0.3 is 0 Å². The third kappa shape index (κ3) is 3.73. The van der Waals surface area contributed by atoms with Crippen molar-refractivity contribution >= 4 is 57.5 Å². The van der Waals surface area contributed by atoms with Crippen molar-refractivity contribution in [2.45, 2.75) is 5.16 Å². The Balaban J connectivity index is 1.46. The fourth-order valence-electron chi connectivity index (χ4n) is 2.83. The summed E-state index contributed by atoms with van der Waals surface area (Å²) in [5, 5.41) is 13.9. The van der Waals surface area contributed by atoms with Gasteiger partial charge in [0.25, 0.3) is 0 Å². The lowest BCUT2D eigenvalue weighted by molar-refractivity contribution is -0.113. The Morgan fingerprint density at radius 3 is 2.82 bits per heavy atom. The quantitative estimate of drug-likeness (QED) is 0.435. The summed E-state index contributed by atoms with van der Waals surface area (Å²) >= 11 is 13.2. The second-order valence-corrected chi connectivity index (χ2v) is 7.84. The van der Waals surface area contributed by atoms with Crippen LogP contribution in [0.5, 0.6) is 0 Å². The molecule has 0 fully saturated rings. The van der Waals surface area contributed by atoms with E-state index in [4.69, 9.17) is 23.2 Å². The number of aromatic nitrogens is 4. The highest BCUT2D eigenvalue weighted by Gasteiger charge is 2.16. The van der Waals surface area contributed by atoms with Gasteiger partial charge in [0.15, 0.2) is 11.0 Å². The minimum atomic E-state index is -0.167. The molecule has 1 amide bonds. The molecule has 0 bridgehead atoms. The van der Waals surface area contributed by atoms with Crippen molar-refractivity contribution in [1.82, 2.24) is 19.7 Å². The average molecular weight is 432 g/mol. The van der Waals surface area contributed by atoms with Gasteiger partial charge in [0.05, 0.1) is 15.8 Å². The zero-order chi connectivity index (χ0) is 19.7. The van der Waals surface area contributed by atoms with Crippen molar-refractivity contribution < 1.29 is 4.79 Å². The van der Waals surface area contributed by atoms with E-state index in [1.54, 1.807) is 18.2 Å². The number of carbonyl (C=O) groups is 1. The first kappa shape index (κ1) is 18.9. The maximum atomic E-state index is 12.2. The Labute approximate surface area is 175 Å². The Morgan fingerprint density at radius 2 is 2.00 bits per heavy atom. The third-order valence-corrected chi connectivity index (χ3v) is 5.96. The minimum absolute atomic E-state index is 0.167. The van der Waals surface area contributed by atoms with E-state index in [1.807, 2.05) is 42.1 Å². The van der Waals surface area contributed by atoms with E-state index in [-0.39, 0.29) is 11.7 Å². The Morgan fingerprint density at radius 1 is 1.18 bits per heavy atom. The van der Waals surface area contributed by atoms with Crippen molar-refractivity contribution in [3.8, 4) is 11.4 Å². The lowest BCUT2D eigenvalue weighted by Crippen LogP contribution is -2.14. The molecule has 0 atom stereocenters. The molecule has 28 heavy (non-hydrogen) atoms. The van der Waals surface area contributed by atoms with E-state index < -0.39 is 0 Å². The maximum absolute atomic E-state index is 12.2. The number of carbonyl (C=O) groups excluding carboxylic acids is 1. The fourth-order valence-corrected chi connectivity index (χ4v) is 3.84. The molecule has 0 spiro atoms. The predicted octanol–water partition coefficient (Wildman–Crippen LogP) is 5.00. The van der Waals surface area contributed by atoms with E-state index in [9.17, 15) is 4.79 Å². The number of benzene rings is 2. The number of halogens is 2. The first-order chi connectivity index (χ1) is 13.5. The van der Waals surface area contributed by atoms with E-state index in [0.717, 1.165) is 22.3 Å². The van der Waals surface area contributed by atoms with Crippen LogP contribution in [-0.2, 0) is 11.8 Å². The molecule has 2 aromatic carbocycles. The van der Waals surface area contributed by atoms with Gasteiger partial charge in [-0.1, -0.05) is 53.2 Å². The largest absolute Gasteiger partial charge is 0.360 e. The molecule has 2 N–H and O–H groups in total. The van der Waals surface area contributed by atoms with E-state index >= 15 is 0 Å². The molecule has 2 heterocycles. The minimum Gasteiger partial charge on any atom is -0.360 e. The molecular weight excluding hydrogens is 417 g/mol. The highest BCUT2D eigenvalue weighted by atomic mass is 35.5. The summed E-state index contributed by atoms with van der Waals surface area (Å²) in [4.78, 5) is 15.5. The van der Waals surface area contributed by atoms with Gasteiger partial charge in [-0.05, 0) is 24.3 Å². The van der Waals surface area contributed by atoms with Crippen LogP contribution in [0.25, 0.3) is 22.3 Å². The second-order valence-electron chi connectivity index (χ2n) is 6.08. The van der Waals surface area contributed by atoms with Crippen LogP contribution < -0.4 is 5.32 Å². The summed E-state index contributed by atoms with van der Waals surface area (Å²) in [6, 6.07) is 13.0. The monoisotopic (exact) mass is 431 g/mol. The number of para-hydroxylation sites is 1. The molecule has 0 unspecified atom stereocenters. The first-order valence-corrected chi connectivity index (χ1v) is 10.1. The summed E-state index contributed by atoms with van der Waals surface area (Å²) in [6.45, 7) is 0. The zero-order valence-corrected chi connectivity index (χ0v) is 17.1. The molecule has 4 aromatic rings. The fraction of sp³-hybridized carbons (Fsp3) is 0.105. The number of thioether (sulfide) groups is 1. The third-order valence-electron chi connectivity index (χ3n) is 4.20. The van der Waals surface area contributed by atoms with Crippen molar-refractivity contribution in [3.05, 3.63) is 58.7 Å². The van der Waals surface area contributed by atoms with Crippen LogP contribution in [0, 0.1) is 0 Å². The second kappa shape index (κ2) is 7.87. The van der Waals surface area contributed by atoms with Crippen LogP contribution in [0.4, 0.5) is 5.69 Å². The lowest BCUT2D eigenvalue weighted by atomic mass is 10.1. The summed E-state index contributed by atoms with van der Waals surface area (Å²) in [5.74, 6) is 0.769. The molecule has 4 rings (SSSR count). The highest BCUT2D eigenvalue weighted by Crippen LogP contribution is 2.29. The molecule has 2 aromatic heterocycles. The van der Waals surface area contributed by atoms with E-state index in [1.165, 1.54) is 11.8 Å². The van der Waals surface area contributed by atoms with Crippen molar-refractivity contribution in [2.75, 3.05) is 11.1 Å². The van der Waals surface area contributed by atoms with E-state index in [0.29, 0.717) is 20.9 Å². The Kier molecular flexibility index (Phi) is 5.30. The number of H-pyrrole nitrogens is 1. The molecule has 142 valence electrons. The summed E-state index contributed by atoms with van der Waals surface area (Å²) in [6.07, 6.45) is 1.92. The van der Waals surface area contributed by atoms with Crippen molar-refractivity contribution in [1.29, 1.82) is 0 Å².